The van der Waals surface area contributed by atoms with Crippen molar-refractivity contribution < 1.29 is 8.78 Å². The van der Waals surface area contributed by atoms with Crippen LogP contribution in [0.1, 0.15) is 0 Å². The number of anilines is 2. The minimum Gasteiger partial charge on any atom is -0.347 e. The van der Waals surface area contributed by atoms with E-state index in [0.29, 0.717) is 11.9 Å². The second-order valence-electron chi connectivity index (χ2n) is 4.51. The number of rotatable bonds is 3. The molecule has 0 fully saturated rings. The highest BCUT2D eigenvalue weighted by Gasteiger charge is 2.17. The first kappa shape index (κ1) is 13.3. The highest BCUT2D eigenvalue weighted by Crippen LogP contribution is 2.22. The summed E-state index contributed by atoms with van der Waals surface area (Å²) in [5, 5.41) is 4.22. The van der Waals surface area contributed by atoms with Crippen LogP contribution in [0.3, 0.4) is 0 Å². The number of hydrogen-bond acceptors (Lipinski definition) is 4. The van der Waals surface area contributed by atoms with Crippen LogP contribution in [-0.4, -0.2) is 43.0 Å². The largest absolute Gasteiger partial charge is 0.347 e. The summed E-state index contributed by atoms with van der Waals surface area (Å²) >= 11 is 0. The Morgan fingerprint density at radius 1 is 1.05 bits per heavy atom. The third kappa shape index (κ3) is 2.49. The van der Waals surface area contributed by atoms with E-state index in [1.807, 2.05) is 0 Å². The molecule has 0 saturated carbocycles. The molecule has 7 heteroatoms. The molecule has 0 atom stereocenters. The quantitative estimate of drug-likeness (QED) is 0.848. The predicted molar refractivity (Wildman–Crippen MR) is 69.9 cm³/mol. The first-order valence-corrected chi connectivity index (χ1v) is 5.67. The van der Waals surface area contributed by atoms with Crippen molar-refractivity contribution in [1.29, 1.82) is 0 Å². The Bertz CT molecular complexity index is 592. The molecule has 0 spiro atoms. The zero-order chi connectivity index (χ0) is 14.2. The molecular formula is C12H15F2N5. The second kappa shape index (κ2) is 4.83. The zero-order valence-corrected chi connectivity index (χ0v) is 11.2. The molecule has 0 radical (unpaired) electrons. The van der Waals surface area contributed by atoms with E-state index in [1.54, 1.807) is 38.0 Å². The van der Waals surface area contributed by atoms with Crippen LogP contribution >= 0.6 is 0 Å². The average Bonchev–Trinajstić information content (AvgIpc) is 2.73. The number of benzene rings is 1. The number of nitrogens with zero attached hydrogens (tertiary/aromatic N) is 5. The molecule has 0 bridgehead atoms. The fraction of sp³-hybridized carbons (Fsp3) is 0.333. The number of aromatic nitrogens is 3. The topological polar surface area (TPSA) is 37.2 Å². The summed E-state index contributed by atoms with van der Waals surface area (Å²) in [6, 6.07) is 3.35. The zero-order valence-electron chi connectivity index (χ0n) is 11.2. The van der Waals surface area contributed by atoms with Gasteiger partial charge in [0.25, 0.3) is 0 Å². The van der Waals surface area contributed by atoms with E-state index in [-0.39, 0.29) is 5.69 Å². The van der Waals surface area contributed by atoms with Crippen molar-refractivity contribution in [3.63, 3.8) is 0 Å². The summed E-state index contributed by atoms with van der Waals surface area (Å²) in [4.78, 5) is 7.72. The highest BCUT2D eigenvalue weighted by molar-refractivity contribution is 5.46. The molecule has 0 aliphatic rings. The van der Waals surface area contributed by atoms with Crippen LogP contribution in [-0.2, 0) is 0 Å². The summed E-state index contributed by atoms with van der Waals surface area (Å²) in [7, 11) is 7.14. The van der Waals surface area contributed by atoms with Gasteiger partial charge < -0.3 is 9.80 Å². The van der Waals surface area contributed by atoms with E-state index in [9.17, 15) is 8.78 Å². The third-order valence-electron chi connectivity index (χ3n) is 2.52. The van der Waals surface area contributed by atoms with Gasteiger partial charge in [0.15, 0.2) is 5.82 Å². The van der Waals surface area contributed by atoms with Crippen LogP contribution < -0.4 is 9.80 Å². The Labute approximate surface area is 110 Å². The van der Waals surface area contributed by atoms with Crippen molar-refractivity contribution in [3.8, 4) is 5.69 Å². The number of halogens is 2. The van der Waals surface area contributed by atoms with Crippen molar-refractivity contribution in [1.82, 2.24) is 14.8 Å². The molecular weight excluding hydrogens is 252 g/mol. The van der Waals surface area contributed by atoms with Crippen molar-refractivity contribution >= 4 is 11.9 Å². The third-order valence-corrected chi connectivity index (χ3v) is 2.52. The first-order chi connectivity index (χ1) is 8.90. The molecule has 2 aromatic rings. The minimum atomic E-state index is -0.682. The predicted octanol–water partition coefficient (Wildman–Crippen LogP) is 1.68. The van der Waals surface area contributed by atoms with Crippen molar-refractivity contribution in [3.05, 3.63) is 29.8 Å². The van der Waals surface area contributed by atoms with Gasteiger partial charge in [-0.2, -0.15) is 9.67 Å². The van der Waals surface area contributed by atoms with Crippen LogP contribution in [0.5, 0.6) is 0 Å². The molecule has 1 heterocycles. The summed E-state index contributed by atoms with van der Waals surface area (Å²) in [5.41, 5.74) is 0.158. The van der Waals surface area contributed by atoms with Gasteiger partial charge in [-0.15, -0.1) is 5.10 Å². The van der Waals surface area contributed by atoms with E-state index < -0.39 is 11.6 Å². The molecule has 0 aliphatic carbocycles. The fourth-order valence-electron chi connectivity index (χ4n) is 1.59. The highest BCUT2D eigenvalue weighted by atomic mass is 19.1. The first-order valence-electron chi connectivity index (χ1n) is 5.67. The SMILES string of the molecule is CN(C)c1nc(N(C)C)n(-c2ccc(F)cc2F)n1. The van der Waals surface area contributed by atoms with Crippen molar-refractivity contribution in [2.45, 2.75) is 0 Å². The van der Waals surface area contributed by atoms with Gasteiger partial charge in [0.2, 0.25) is 11.9 Å². The van der Waals surface area contributed by atoms with E-state index >= 15 is 0 Å². The standard InChI is InChI=1S/C12H15F2N5/c1-17(2)11-15-12(18(3)4)19(16-11)10-6-5-8(13)7-9(10)14/h5-7H,1-4H3. The molecule has 0 aliphatic heterocycles. The van der Waals surface area contributed by atoms with Crippen LogP contribution in [0.2, 0.25) is 0 Å². The Morgan fingerprint density at radius 3 is 2.26 bits per heavy atom. The number of hydrogen-bond donors (Lipinski definition) is 0. The normalized spacial score (nSPS) is 10.6. The lowest BCUT2D eigenvalue weighted by atomic mass is 10.3. The van der Waals surface area contributed by atoms with Gasteiger partial charge in [0.1, 0.15) is 11.5 Å². The molecule has 19 heavy (non-hydrogen) atoms. The molecule has 5 nitrogen and oxygen atoms in total. The lowest BCUT2D eigenvalue weighted by molar-refractivity contribution is 0.573. The molecule has 1 aromatic heterocycles. The smallest absolute Gasteiger partial charge is 0.246 e. The van der Waals surface area contributed by atoms with Gasteiger partial charge in [0, 0.05) is 34.3 Å². The molecule has 0 amide bonds. The average molecular weight is 267 g/mol. The van der Waals surface area contributed by atoms with E-state index in [0.717, 1.165) is 6.07 Å². The van der Waals surface area contributed by atoms with E-state index in [1.165, 1.54) is 16.8 Å². The molecule has 0 N–H and O–H groups in total. The van der Waals surface area contributed by atoms with Gasteiger partial charge in [-0.05, 0) is 12.1 Å². The van der Waals surface area contributed by atoms with Crippen LogP contribution in [0, 0.1) is 11.6 Å². The minimum absolute atomic E-state index is 0.158. The van der Waals surface area contributed by atoms with Crippen molar-refractivity contribution in [2.24, 2.45) is 0 Å². The van der Waals surface area contributed by atoms with Gasteiger partial charge in [0.05, 0.1) is 0 Å². The summed E-state index contributed by atoms with van der Waals surface area (Å²) < 4.78 is 28.1. The van der Waals surface area contributed by atoms with Crippen LogP contribution in [0.25, 0.3) is 5.69 Å². The Kier molecular flexibility index (Phi) is 3.37. The van der Waals surface area contributed by atoms with Gasteiger partial charge >= 0.3 is 0 Å². The molecule has 2 rings (SSSR count). The Balaban J connectivity index is 2.60. The lowest BCUT2D eigenvalue weighted by Crippen LogP contribution is -2.16. The maximum absolute atomic E-state index is 13.8. The van der Waals surface area contributed by atoms with Gasteiger partial charge in [-0.3, -0.25) is 0 Å². The van der Waals surface area contributed by atoms with Gasteiger partial charge in [-0.1, -0.05) is 0 Å². The molecule has 0 saturated heterocycles. The van der Waals surface area contributed by atoms with Crippen molar-refractivity contribution in [2.75, 3.05) is 38.0 Å². The second-order valence-corrected chi connectivity index (χ2v) is 4.51. The maximum atomic E-state index is 13.8. The molecule has 102 valence electrons. The lowest BCUT2D eigenvalue weighted by Gasteiger charge is -2.12. The Morgan fingerprint density at radius 2 is 1.74 bits per heavy atom. The fourth-order valence-corrected chi connectivity index (χ4v) is 1.59. The summed E-state index contributed by atoms with van der Waals surface area (Å²) in [6.45, 7) is 0. The molecule has 1 aromatic carbocycles. The van der Waals surface area contributed by atoms with E-state index in [2.05, 4.69) is 10.1 Å². The molecule has 0 unspecified atom stereocenters. The van der Waals surface area contributed by atoms with E-state index in [4.69, 9.17) is 0 Å². The summed E-state index contributed by atoms with van der Waals surface area (Å²) in [5.74, 6) is -0.388. The van der Waals surface area contributed by atoms with Crippen LogP contribution in [0.4, 0.5) is 20.7 Å². The van der Waals surface area contributed by atoms with Crippen LogP contribution in [0.15, 0.2) is 18.2 Å². The Hall–Kier alpha value is -2.18. The maximum Gasteiger partial charge on any atom is 0.246 e. The van der Waals surface area contributed by atoms with Gasteiger partial charge in [-0.25, -0.2) is 8.78 Å². The summed E-state index contributed by atoms with van der Waals surface area (Å²) in [6.07, 6.45) is 0. The monoisotopic (exact) mass is 267 g/mol.